The van der Waals surface area contributed by atoms with Crippen LogP contribution in [-0.2, 0) is 9.53 Å². The minimum Gasteiger partial charge on any atom is -0.465 e. The van der Waals surface area contributed by atoms with E-state index in [1.54, 1.807) is 43.3 Å². The van der Waals surface area contributed by atoms with Crippen LogP contribution in [0.1, 0.15) is 22.8 Å². The zero-order valence-corrected chi connectivity index (χ0v) is 13.3. The Labute approximate surface area is 135 Å². The Morgan fingerprint density at radius 3 is 2.43 bits per heavy atom. The summed E-state index contributed by atoms with van der Waals surface area (Å²) in [6, 6.07) is 14.1. The number of hydrogen-bond acceptors (Lipinski definition) is 4. The molecule has 0 aliphatic heterocycles. The van der Waals surface area contributed by atoms with Gasteiger partial charge in [-0.3, -0.25) is 14.5 Å². The Kier molecular flexibility index (Phi) is 5.36. The third-order valence-corrected chi connectivity index (χ3v) is 3.32. The fourth-order valence-electron chi connectivity index (χ4n) is 2.17. The lowest BCUT2D eigenvalue weighted by atomic mass is 10.1. The normalized spacial score (nSPS) is 10.2. The van der Waals surface area contributed by atoms with E-state index in [-0.39, 0.29) is 19.1 Å². The molecule has 0 unspecified atom stereocenters. The number of ether oxygens (including phenoxy) is 1. The van der Waals surface area contributed by atoms with Crippen molar-refractivity contribution in [2.75, 3.05) is 23.8 Å². The van der Waals surface area contributed by atoms with Crippen LogP contribution in [0.25, 0.3) is 0 Å². The molecule has 0 aliphatic carbocycles. The van der Waals surface area contributed by atoms with Crippen molar-refractivity contribution in [3.63, 3.8) is 0 Å². The van der Waals surface area contributed by atoms with Gasteiger partial charge in [-0.25, -0.2) is 0 Å². The number of nitrogen functional groups attached to an aromatic ring is 1. The fourth-order valence-corrected chi connectivity index (χ4v) is 2.17. The largest absolute Gasteiger partial charge is 0.465 e. The van der Waals surface area contributed by atoms with Crippen molar-refractivity contribution in [3.8, 4) is 0 Å². The first-order chi connectivity index (χ1) is 11.0. The summed E-state index contributed by atoms with van der Waals surface area (Å²) in [5, 5.41) is 0. The first-order valence-corrected chi connectivity index (χ1v) is 7.41. The molecule has 5 heteroatoms. The molecule has 0 atom stereocenters. The lowest BCUT2D eigenvalue weighted by Crippen LogP contribution is -2.36. The smallest absolute Gasteiger partial charge is 0.326 e. The van der Waals surface area contributed by atoms with Gasteiger partial charge in [0.25, 0.3) is 5.91 Å². The molecule has 2 rings (SSSR count). The lowest BCUT2D eigenvalue weighted by molar-refractivity contribution is -0.141. The molecule has 0 aromatic heterocycles. The molecule has 0 saturated carbocycles. The van der Waals surface area contributed by atoms with Crippen LogP contribution in [0.3, 0.4) is 0 Å². The minimum absolute atomic E-state index is 0.148. The average molecular weight is 312 g/mol. The van der Waals surface area contributed by atoms with Gasteiger partial charge in [0, 0.05) is 16.9 Å². The first kappa shape index (κ1) is 16.5. The number of carbonyl (C=O) groups is 2. The molecule has 2 aromatic rings. The Morgan fingerprint density at radius 1 is 1.13 bits per heavy atom. The van der Waals surface area contributed by atoms with E-state index in [4.69, 9.17) is 10.5 Å². The predicted molar refractivity (Wildman–Crippen MR) is 90.3 cm³/mol. The van der Waals surface area contributed by atoms with Crippen molar-refractivity contribution in [2.45, 2.75) is 13.8 Å². The molecule has 120 valence electrons. The molecule has 2 aromatic carbocycles. The number of amides is 1. The third kappa shape index (κ3) is 4.32. The molecule has 0 heterocycles. The van der Waals surface area contributed by atoms with E-state index in [0.29, 0.717) is 16.9 Å². The second-order valence-corrected chi connectivity index (χ2v) is 5.16. The van der Waals surface area contributed by atoms with Crippen LogP contribution in [-0.4, -0.2) is 25.0 Å². The molecule has 5 nitrogen and oxygen atoms in total. The van der Waals surface area contributed by atoms with Gasteiger partial charge in [0.15, 0.2) is 0 Å². The average Bonchev–Trinajstić information content (AvgIpc) is 2.53. The van der Waals surface area contributed by atoms with E-state index in [9.17, 15) is 9.59 Å². The van der Waals surface area contributed by atoms with Gasteiger partial charge in [-0.1, -0.05) is 23.8 Å². The Hall–Kier alpha value is -2.82. The Balaban J connectivity index is 2.34. The topological polar surface area (TPSA) is 72.6 Å². The van der Waals surface area contributed by atoms with Crippen LogP contribution in [0.15, 0.2) is 48.5 Å². The van der Waals surface area contributed by atoms with Gasteiger partial charge in [-0.15, -0.1) is 0 Å². The van der Waals surface area contributed by atoms with Crippen LogP contribution in [0.2, 0.25) is 0 Å². The number of aryl methyl sites for hydroxylation is 1. The maximum absolute atomic E-state index is 12.8. The van der Waals surface area contributed by atoms with E-state index in [2.05, 4.69) is 0 Å². The van der Waals surface area contributed by atoms with Gasteiger partial charge >= 0.3 is 5.97 Å². The number of hydrogen-bond donors (Lipinski definition) is 1. The zero-order chi connectivity index (χ0) is 16.8. The maximum atomic E-state index is 12.8. The number of esters is 1. The molecule has 0 aliphatic rings. The second-order valence-electron chi connectivity index (χ2n) is 5.16. The SMILES string of the molecule is CCOC(=O)CN(C(=O)c1cccc(N)c1)c1ccc(C)cc1. The van der Waals surface area contributed by atoms with Gasteiger partial charge in [0.1, 0.15) is 6.54 Å². The van der Waals surface area contributed by atoms with Crippen LogP contribution in [0.5, 0.6) is 0 Å². The van der Waals surface area contributed by atoms with E-state index in [0.717, 1.165) is 5.56 Å². The van der Waals surface area contributed by atoms with Crippen molar-refractivity contribution in [1.29, 1.82) is 0 Å². The van der Waals surface area contributed by atoms with E-state index in [1.165, 1.54) is 4.90 Å². The predicted octanol–water partition coefficient (Wildman–Crippen LogP) is 2.79. The highest BCUT2D eigenvalue weighted by Crippen LogP contribution is 2.19. The number of anilines is 2. The van der Waals surface area contributed by atoms with Gasteiger partial charge < -0.3 is 10.5 Å². The van der Waals surface area contributed by atoms with E-state index in [1.807, 2.05) is 19.1 Å². The minimum atomic E-state index is -0.453. The lowest BCUT2D eigenvalue weighted by Gasteiger charge is -2.22. The summed E-state index contributed by atoms with van der Waals surface area (Å²) < 4.78 is 4.97. The number of benzene rings is 2. The maximum Gasteiger partial charge on any atom is 0.326 e. The van der Waals surface area contributed by atoms with Crippen molar-refractivity contribution in [2.24, 2.45) is 0 Å². The summed E-state index contributed by atoms with van der Waals surface area (Å²) in [6.07, 6.45) is 0. The van der Waals surface area contributed by atoms with E-state index < -0.39 is 5.97 Å². The van der Waals surface area contributed by atoms with E-state index >= 15 is 0 Å². The molecule has 1 amide bonds. The quantitative estimate of drug-likeness (QED) is 0.680. The van der Waals surface area contributed by atoms with Crippen LogP contribution < -0.4 is 10.6 Å². The highest BCUT2D eigenvalue weighted by molar-refractivity contribution is 6.08. The molecule has 23 heavy (non-hydrogen) atoms. The molecular weight excluding hydrogens is 292 g/mol. The molecule has 0 fully saturated rings. The highest BCUT2D eigenvalue weighted by atomic mass is 16.5. The zero-order valence-electron chi connectivity index (χ0n) is 13.3. The van der Waals surface area contributed by atoms with Crippen molar-refractivity contribution >= 4 is 23.3 Å². The fraction of sp³-hybridized carbons (Fsp3) is 0.222. The molecule has 0 bridgehead atoms. The molecular formula is C18H20N2O3. The van der Waals surface area contributed by atoms with Gasteiger partial charge in [-0.2, -0.15) is 0 Å². The van der Waals surface area contributed by atoms with Crippen molar-refractivity contribution < 1.29 is 14.3 Å². The standard InChI is InChI=1S/C18H20N2O3/c1-3-23-17(21)12-20(16-9-7-13(2)8-10-16)18(22)14-5-4-6-15(19)11-14/h4-11H,3,12,19H2,1-2H3. The first-order valence-electron chi connectivity index (χ1n) is 7.41. The Morgan fingerprint density at radius 2 is 1.83 bits per heavy atom. The summed E-state index contributed by atoms with van der Waals surface area (Å²) in [6.45, 7) is 3.81. The van der Waals surface area contributed by atoms with Gasteiger partial charge in [0.05, 0.1) is 6.61 Å². The summed E-state index contributed by atoms with van der Waals surface area (Å²) in [7, 11) is 0. The van der Waals surface area contributed by atoms with Crippen LogP contribution >= 0.6 is 0 Å². The summed E-state index contributed by atoms with van der Waals surface area (Å²) in [4.78, 5) is 26.0. The highest BCUT2D eigenvalue weighted by Gasteiger charge is 2.21. The molecule has 0 saturated heterocycles. The second kappa shape index (κ2) is 7.45. The van der Waals surface area contributed by atoms with Crippen molar-refractivity contribution in [3.05, 3.63) is 59.7 Å². The van der Waals surface area contributed by atoms with Crippen LogP contribution in [0, 0.1) is 6.92 Å². The van der Waals surface area contributed by atoms with Gasteiger partial charge in [0.2, 0.25) is 0 Å². The van der Waals surface area contributed by atoms with Gasteiger partial charge in [-0.05, 0) is 44.2 Å². The molecule has 2 N–H and O–H groups in total. The third-order valence-electron chi connectivity index (χ3n) is 3.32. The number of nitrogens with zero attached hydrogens (tertiary/aromatic N) is 1. The number of rotatable bonds is 5. The van der Waals surface area contributed by atoms with Crippen molar-refractivity contribution in [1.82, 2.24) is 0 Å². The summed E-state index contributed by atoms with van der Waals surface area (Å²) in [5.74, 6) is -0.750. The number of carbonyl (C=O) groups excluding carboxylic acids is 2. The summed E-state index contributed by atoms with van der Waals surface area (Å²) >= 11 is 0. The molecule has 0 radical (unpaired) electrons. The summed E-state index contributed by atoms with van der Waals surface area (Å²) in [5.41, 5.74) is 8.37. The molecule has 0 spiro atoms. The monoisotopic (exact) mass is 312 g/mol. The Bertz CT molecular complexity index is 696. The van der Waals surface area contributed by atoms with Crippen LogP contribution in [0.4, 0.5) is 11.4 Å². The number of nitrogens with two attached hydrogens (primary N) is 1.